The zero-order valence-electron chi connectivity index (χ0n) is 18.7. The van der Waals surface area contributed by atoms with E-state index in [-0.39, 0.29) is 18.0 Å². The number of amides is 2. The first kappa shape index (κ1) is 24.3. The van der Waals surface area contributed by atoms with E-state index in [0.717, 1.165) is 24.0 Å². The van der Waals surface area contributed by atoms with Crippen LogP contribution < -0.4 is 22.2 Å². The Balaban J connectivity index is 1.33. The van der Waals surface area contributed by atoms with E-state index >= 15 is 0 Å². The van der Waals surface area contributed by atoms with Gasteiger partial charge in [-0.25, -0.2) is 5.84 Å². The Labute approximate surface area is 197 Å². The predicted octanol–water partition coefficient (Wildman–Crippen LogP) is 0.322. The SMILES string of the molecule is N/C(=C\N(N)CCCCn1cc(NC(=O)Cc2cccnc2)nn1)C(=O)NCc1cccnc1. The first-order chi connectivity index (χ1) is 16.5. The van der Waals surface area contributed by atoms with E-state index in [2.05, 4.69) is 30.9 Å². The van der Waals surface area contributed by atoms with Crippen LogP contribution in [0.4, 0.5) is 5.82 Å². The Kier molecular flexibility index (Phi) is 9.05. The number of nitrogens with two attached hydrogens (primary N) is 2. The highest BCUT2D eigenvalue weighted by Gasteiger charge is 2.08. The normalized spacial score (nSPS) is 11.1. The number of aromatic nitrogens is 5. The monoisotopic (exact) mass is 464 g/mol. The van der Waals surface area contributed by atoms with Crippen molar-refractivity contribution in [2.24, 2.45) is 11.6 Å². The summed E-state index contributed by atoms with van der Waals surface area (Å²) in [6, 6.07) is 7.27. The molecule has 6 N–H and O–H groups in total. The predicted molar refractivity (Wildman–Crippen MR) is 125 cm³/mol. The molecule has 0 aromatic carbocycles. The Bertz CT molecular complexity index is 1090. The number of hydrogen-bond acceptors (Lipinski definition) is 9. The lowest BCUT2D eigenvalue weighted by Crippen LogP contribution is -2.33. The third-order valence-corrected chi connectivity index (χ3v) is 4.69. The molecule has 0 unspecified atom stereocenters. The van der Waals surface area contributed by atoms with Gasteiger partial charge in [-0.1, -0.05) is 17.3 Å². The number of pyridine rings is 2. The van der Waals surface area contributed by atoms with Crippen LogP contribution in [0, 0.1) is 0 Å². The van der Waals surface area contributed by atoms with Crippen LogP contribution in [-0.4, -0.2) is 48.3 Å². The van der Waals surface area contributed by atoms with E-state index in [1.807, 2.05) is 12.1 Å². The highest BCUT2D eigenvalue weighted by molar-refractivity contribution is 5.92. The largest absolute Gasteiger partial charge is 0.393 e. The van der Waals surface area contributed by atoms with Gasteiger partial charge in [-0.05, 0) is 36.1 Å². The number of anilines is 1. The smallest absolute Gasteiger partial charge is 0.268 e. The molecular formula is C22H28N10O2. The van der Waals surface area contributed by atoms with Crippen LogP contribution >= 0.6 is 0 Å². The van der Waals surface area contributed by atoms with Crippen LogP contribution in [0.3, 0.4) is 0 Å². The summed E-state index contributed by atoms with van der Waals surface area (Å²) in [5.74, 6) is 5.72. The molecule has 2 amide bonds. The van der Waals surface area contributed by atoms with Crippen LogP contribution in [0.5, 0.6) is 0 Å². The number of carbonyl (C=O) groups excluding carboxylic acids is 2. The van der Waals surface area contributed by atoms with Gasteiger partial charge in [0.15, 0.2) is 5.82 Å². The number of carbonyl (C=O) groups is 2. The topological polar surface area (TPSA) is 170 Å². The minimum Gasteiger partial charge on any atom is -0.393 e. The molecule has 34 heavy (non-hydrogen) atoms. The Morgan fingerprint density at radius 1 is 1.09 bits per heavy atom. The van der Waals surface area contributed by atoms with Crippen molar-refractivity contribution in [3.8, 4) is 0 Å². The van der Waals surface area contributed by atoms with Crippen LogP contribution in [0.25, 0.3) is 0 Å². The van der Waals surface area contributed by atoms with Crippen molar-refractivity contribution >= 4 is 17.6 Å². The lowest BCUT2D eigenvalue weighted by atomic mass is 10.2. The van der Waals surface area contributed by atoms with E-state index in [9.17, 15) is 9.59 Å². The second kappa shape index (κ2) is 12.6. The number of nitrogens with zero attached hydrogens (tertiary/aromatic N) is 6. The first-order valence-electron chi connectivity index (χ1n) is 10.7. The minimum atomic E-state index is -0.403. The van der Waals surface area contributed by atoms with E-state index in [4.69, 9.17) is 11.6 Å². The summed E-state index contributed by atoms with van der Waals surface area (Å²) in [5, 5.41) is 14.8. The molecule has 0 radical (unpaired) electrons. The average molecular weight is 465 g/mol. The van der Waals surface area contributed by atoms with Gasteiger partial charge in [0, 0.05) is 50.6 Å². The van der Waals surface area contributed by atoms with E-state index in [1.165, 1.54) is 11.2 Å². The number of aryl methyl sites for hydroxylation is 1. The van der Waals surface area contributed by atoms with Crippen molar-refractivity contribution in [3.05, 3.63) is 78.3 Å². The maximum atomic E-state index is 12.1. The molecule has 3 rings (SSSR count). The van der Waals surface area contributed by atoms with Crippen LogP contribution in [0.15, 0.2) is 67.1 Å². The maximum absolute atomic E-state index is 12.1. The van der Waals surface area contributed by atoms with Crippen molar-refractivity contribution in [1.29, 1.82) is 0 Å². The van der Waals surface area contributed by atoms with E-state index in [1.54, 1.807) is 47.8 Å². The summed E-state index contributed by atoms with van der Waals surface area (Å²) in [5.41, 5.74) is 7.53. The van der Waals surface area contributed by atoms with E-state index < -0.39 is 5.91 Å². The summed E-state index contributed by atoms with van der Waals surface area (Å²) in [6.45, 7) is 1.43. The fraction of sp³-hybridized carbons (Fsp3) is 0.273. The van der Waals surface area contributed by atoms with Gasteiger partial charge in [-0.2, -0.15) is 0 Å². The Hall–Kier alpha value is -4.32. The molecule has 0 bridgehead atoms. The first-order valence-corrected chi connectivity index (χ1v) is 10.7. The summed E-state index contributed by atoms with van der Waals surface area (Å²) >= 11 is 0. The van der Waals surface area contributed by atoms with Gasteiger partial charge in [0.2, 0.25) is 5.91 Å². The molecule has 0 atom stereocenters. The third kappa shape index (κ3) is 8.31. The fourth-order valence-corrected chi connectivity index (χ4v) is 3.00. The van der Waals surface area contributed by atoms with Crippen molar-refractivity contribution in [2.45, 2.75) is 32.4 Å². The van der Waals surface area contributed by atoms with Gasteiger partial charge in [0.05, 0.1) is 12.6 Å². The average Bonchev–Trinajstić information content (AvgIpc) is 3.28. The second-order valence-corrected chi connectivity index (χ2v) is 7.53. The van der Waals surface area contributed by atoms with Gasteiger partial charge >= 0.3 is 0 Å². The lowest BCUT2D eigenvalue weighted by Gasteiger charge is -2.14. The van der Waals surface area contributed by atoms with Crippen LogP contribution in [-0.2, 0) is 29.1 Å². The van der Waals surface area contributed by atoms with Gasteiger partial charge < -0.3 is 21.4 Å². The fourth-order valence-electron chi connectivity index (χ4n) is 3.00. The van der Waals surface area contributed by atoms with Crippen molar-refractivity contribution in [2.75, 3.05) is 11.9 Å². The van der Waals surface area contributed by atoms with Crippen molar-refractivity contribution < 1.29 is 9.59 Å². The summed E-state index contributed by atoms with van der Waals surface area (Å²) in [7, 11) is 0. The van der Waals surface area contributed by atoms with Crippen LogP contribution in [0.2, 0.25) is 0 Å². The molecule has 12 heteroatoms. The molecule has 0 aliphatic rings. The number of hydrazine groups is 1. The molecule has 0 aliphatic heterocycles. The number of unbranched alkanes of at least 4 members (excludes halogenated alkanes) is 1. The summed E-state index contributed by atoms with van der Waals surface area (Å²) in [6.07, 6.45) is 11.4. The third-order valence-electron chi connectivity index (χ3n) is 4.69. The van der Waals surface area contributed by atoms with Gasteiger partial charge in [-0.15, -0.1) is 5.10 Å². The molecular weight excluding hydrogens is 436 g/mol. The number of hydrogen-bond donors (Lipinski definition) is 4. The quantitative estimate of drug-likeness (QED) is 0.128. The number of nitrogens with one attached hydrogen (secondary N) is 2. The maximum Gasteiger partial charge on any atom is 0.268 e. The lowest BCUT2D eigenvalue weighted by molar-refractivity contribution is -0.118. The molecule has 0 saturated heterocycles. The highest BCUT2D eigenvalue weighted by atomic mass is 16.2. The molecule has 3 aromatic rings. The Morgan fingerprint density at radius 3 is 2.53 bits per heavy atom. The molecule has 3 aromatic heterocycles. The van der Waals surface area contributed by atoms with Crippen LogP contribution in [0.1, 0.15) is 24.0 Å². The Morgan fingerprint density at radius 2 is 1.82 bits per heavy atom. The highest BCUT2D eigenvalue weighted by Crippen LogP contribution is 2.05. The van der Waals surface area contributed by atoms with Crippen molar-refractivity contribution in [3.63, 3.8) is 0 Å². The molecule has 0 saturated carbocycles. The van der Waals surface area contributed by atoms with Gasteiger partial charge in [-0.3, -0.25) is 24.2 Å². The second-order valence-electron chi connectivity index (χ2n) is 7.53. The minimum absolute atomic E-state index is 0.0225. The van der Waals surface area contributed by atoms with Gasteiger partial charge in [0.1, 0.15) is 5.70 Å². The standard InChI is InChI=1S/C22H28N10O2/c23-19(22(34)27-14-18-6-4-8-26-13-18)15-31(24)9-1-2-10-32-16-20(29-30-32)28-21(33)11-17-5-3-7-25-12-17/h3-8,12-13,15-16H,1-2,9-11,14,23-24H2,(H,27,34)(H,28,33)/b19-15-. The van der Waals surface area contributed by atoms with Crippen molar-refractivity contribution in [1.82, 2.24) is 35.3 Å². The number of rotatable bonds is 12. The summed E-state index contributed by atoms with van der Waals surface area (Å²) < 4.78 is 1.65. The van der Waals surface area contributed by atoms with Gasteiger partial charge in [0.25, 0.3) is 5.91 Å². The molecule has 0 fully saturated rings. The molecule has 0 spiro atoms. The molecule has 12 nitrogen and oxygen atoms in total. The zero-order chi connectivity index (χ0) is 24.2. The molecule has 178 valence electrons. The summed E-state index contributed by atoms with van der Waals surface area (Å²) in [4.78, 5) is 32.2. The molecule has 3 heterocycles. The molecule has 0 aliphatic carbocycles. The van der Waals surface area contributed by atoms with E-state index in [0.29, 0.717) is 25.5 Å². The zero-order valence-corrected chi connectivity index (χ0v) is 18.7.